The standard InChI is InChI=1S/C12H9BN4/c13-9-6-16-12(5-10(9)14)17-4-2-8-1-3-15-7-11(8)17/h1-7H,(H2,14,16). The number of hydrogen-bond acceptors (Lipinski definition) is 3. The van der Waals surface area contributed by atoms with Crippen molar-refractivity contribution in [2.45, 2.75) is 0 Å². The van der Waals surface area contributed by atoms with Gasteiger partial charge in [0.1, 0.15) is 13.7 Å². The number of nitrogens with zero attached hydrogens (tertiary/aromatic N) is 3. The highest BCUT2D eigenvalue weighted by molar-refractivity contribution is 6.35. The van der Waals surface area contributed by atoms with Crippen molar-refractivity contribution in [2.75, 3.05) is 5.73 Å². The molecule has 0 fully saturated rings. The molecule has 0 saturated heterocycles. The van der Waals surface area contributed by atoms with Gasteiger partial charge in [0.05, 0.1) is 11.7 Å². The van der Waals surface area contributed by atoms with Crippen LogP contribution in [-0.2, 0) is 0 Å². The molecule has 0 aliphatic carbocycles. The number of hydrogen-bond donors (Lipinski definition) is 1. The molecule has 3 heterocycles. The third-order valence-corrected chi connectivity index (χ3v) is 2.70. The summed E-state index contributed by atoms with van der Waals surface area (Å²) in [7, 11) is 5.65. The maximum atomic E-state index is 5.78. The zero-order chi connectivity index (χ0) is 11.8. The molecule has 3 aromatic rings. The maximum absolute atomic E-state index is 5.78. The molecule has 5 heteroatoms. The summed E-state index contributed by atoms with van der Waals surface area (Å²) in [5, 5.41) is 1.11. The van der Waals surface area contributed by atoms with Crippen molar-refractivity contribution < 1.29 is 0 Å². The van der Waals surface area contributed by atoms with Gasteiger partial charge in [0, 0.05) is 35.7 Å². The summed E-state index contributed by atoms with van der Waals surface area (Å²) in [6.45, 7) is 0. The van der Waals surface area contributed by atoms with Crippen molar-refractivity contribution in [1.29, 1.82) is 0 Å². The Morgan fingerprint density at radius 1 is 1.24 bits per heavy atom. The summed E-state index contributed by atoms with van der Waals surface area (Å²) in [4.78, 5) is 8.37. The van der Waals surface area contributed by atoms with Gasteiger partial charge in [-0.05, 0) is 12.1 Å². The van der Waals surface area contributed by atoms with Crippen molar-refractivity contribution in [1.82, 2.24) is 14.5 Å². The molecule has 3 aromatic heterocycles. The number of anilines is 1. The average molecular weight is 220 g/mol. The Morgan fingerprint density at radius 2 is 2.12 bits per heavy atom. The summed E-state index contributed by atoms with van der Waals surface area (Å²) in [6.07, 6.45) is 7.05. The van der Waals surface area contributed by atoms with Gasteiger partial charge in [0.2, 0.25) is 0 Å². The van der Waals surface area contributed by atoms with Crippen LogP contribution in [0.3, 0.4) is 0 Å². The lowest BCUT2D eigenvalue weighted by atomic mass is 9.97. The molecule has 0 aliphatic rings. The van der Waals surface area contributed by atoms with Crippen molar-refractivity contribution in [2.24, 2.45) is 0 Å². The first-order valence-electron chi connectivity index (χ1n) is 5.18. The summed E-state index contributed by atoms with van der Waals surface area (Å²) in [5.41, 5.74) is 7.78. The topological polar surface area (TPSA) is 56.7 Å². The van der Waals surface area contributed by atoms with E-state index < -0.39 is 0 Å². The van der Waals surface area contributed by atoms with E-state index in [0.717, 1.165) is 16.7 Å². The van der Waals surface area contributed by atoms with E-state index >= 15 is 0 Å². The summed E-state index contributed by atoms with van der Waals surface area (Å²) < 4.78 is 1.93. The minimum absolute atomic E-state index is 0.489. The van der Waals surface area contributed by atoms with Gasteiger partial charge in [-0.3, -0.25) is 9.55 Å². The molecule has 0 amide bonds. The normalized spacial score (nSPS) is 10.8. The fraction of sp³-hybridized carbons (Fsp3) is 0. The van der Waals surface area contributed by atoms with E-state index in [9.17, 15) is 0 Å². The second kappa shape index (κ2) is 3.62. The minimum atomic E-state index is 0.489. The van der Waals surface area contributed by atoms with Crippen LogP contribution in [0.5, 0.6) is 0 Å². The van der Waals surface area contributed by atoms with Crippen LogP contribution in [-0.4, -0.2) is 22.4 Å². The van der Waals surface area contributed by atoms with Crippen LogP contribution in [0.2, 0.25) is 0 Å². The first-order chi connectivity index (χ1) is 8.25. The van der Waals surface area contributed by atoms with Crippen LogP contribution in [0.1, 0.15) is 0 Å². The quantitative estimate of drug-likeness (QED) is 0.617. The molecule has 2 radical (unpaired) electrons. The minimum Gasteiger partial charge on any atom is -0.399 e. The predicted molar refractivity (Wildman–Crippen MR) is 68.7 cm³/mol. The number of nitrogens with two attached hydrogens (primary N) is 1. The van der Waals surface area contributed by atoms with Crippen LogP contribution in [0, 0.1) is 0 Å². The maximum Gasteiger partial charge on any atom is 0.139 e. The highest BCUT2D eigenvalue weighted by Crippen LogP contribution is 2.18. The van der Waals surface area contributed by atoms with Gasteiger partial charge >= 0.3 is 0 Å². The van der Waals surface area contributed by atoms with Gasteiger partial charge in [-0.2, -0.15) is 0 Å². The van der Waals surface area contributed by atoms with Crippen LogP contribution in [0.15, 0.2) is 43.0 Å². The Bertz CT molecular complexity index is 690. The molecule has 2 N–H and O–H groups in total. The monoisotopic (exact) mass is 220 g/mol. The fourth-order valence-corrected chi connectivity index (χ4v) is 1.78. The molecule has 0 atom stereocenters. The predicted octanol–water partition coefficient (Wildman–Crippen LogP) is 0.796. The fourth-order valence-electron chi connectivity index (χ4n) is 1.78. The number of fused-ring (bicyclic) bond motifs is 1. The molecule has 0 aromatic carbocycles. The molecule has 0 spiro atoms. The van der Waals surface area contributed by atoms with E-state index in [4.69, 9.17) is 13.6 Å². The van der Waals surface area contributed by atoms with Crippen LogP contribution < -0.4 is 11.2 Å². The lowest BCUT2D eigenvalue weighted by Gasteiger charge is -2.06. The zero-order valence-electron chi connectivity index (χ0n) is 9.04. The van der Waals surface area contributed by atoms with Gasteiger partial charge < -0.3 is 5.73 Å². The van der Waals surface area contributed by atoms with E-state index in [1.54, 1.807) is 24.7 Å². The second-order valence-electron chi connectivity index (χ2n) is 3.79. The zero-order valence-corrected chi connectivity index (χ0v) is 9.04. The Labute approximate surface area is 99.5 Å². The molecule has 17 heavy (non-hydrogen) atoms. The molecular weight excluding hydrogens is 211 g/mol. The molecule has 4 nitrogen and oxygen atoms in total. The van der Waals surface area contributed by atoms with E-state index in [1.807, 2.05) is 22.9 Å². The van der Waals surface area contributed by atoms with E-state index in [1.165, 1.54) is 0 Å². The third kappa shape index (κ3) is 1.56. The molecular formula is C12H9BN4. The lowest BCUT2D eigenvalue weighted by Crippen LogP contribution is -2.12. The average Bonchev–Trinajstić information content (AvgIpc) is 2.76. The molecule has 0 bridgehead atoms. The van der Waals surface area contributed by atoms with E-state index in [0.29, 0.717) is 11.2 Å². The van der Waals surface area contributed by atoms with Gasteiger partial charge in [-0.1, -0.05) is 5.46 Å². The van der Waals surface area contributed by atoms with Crippen LogP contribution >= 0.6 is 0 Å². The van der Waals surface area contributed by atoms with Gasteiger partial charge in [-0.25, -0.2) is 4.98 Å². The number of pyridine rings is 2. The molecule has 0 saturated carbocycles. The van der Waals surface area contributed by atoms with Crippen molar-refractivity contribution >= 4 is 29.9 Å². The molecule has 0 unspecified atom stereocenters. The first-order valence-corrected chi connectivity index (χ1v) is 5.18. The second-order valence-corrected chi connectivity index (χ2v) is 3.79. The summed E-state index contributed by atoms with van der Waals surface area (Å²) in [5.74, 6) is 0.736. The van der Waals surface area contributed by atoms with Crippen molar-refractivity contribution in [3.63, 3.8) is 0 Å². The summed E-state index contributed by atoms with van der Waals surface area (Å²) in [6, 6.07) is 5.71. The number of aromatic nitrogens is 3. The smallest absolute Gasteiger partial charge is 0.139 e. The first kappa shape index (κ1) is 9.90. The van der Waals surface area contributed by atoms with Crippen molar-refractivity contribution in [3.8, 4) is 5.82 Å². The van der Waals surface area contributed by atoms with E-state index in [-0.39, 0.29) is 0 Å². The Hall–Kier alpha value is -2.30. The van der Waals surface area contributed by atoms with E-state index in [2.05, 4.69) is 9.97 Å². The Kier molecular flexibility index (Phi) is 2.11. The number of nitrogen functional groups attached to an aromatic ring is 1. The Morgan fingerprint density at radius 3 is 2.94 bits per heavy atom. The summed E-state index contributed by atoms with van der Waals surface area (Å²) >= 11 is 0. The molecule has 80 valence electrons. The Balaban J connectivity index is 2.24. The van der Waals surface area contributed by atoms with Crippen molar-refractivity contribution in [3.05, 3.63) is 43.0 Å². The largest absolute Gasteiger partial charge is 0.399 e. The molecule has 3 rings (SSSR count). The van der Waals surface area contributed by atoms with Gasteiger partial charge in [0.25, 0.3) is 0 Å². The van der Waals surface area contributed by atoms with Crippen LogP contribution in [0.4, 0.5) is 5.69 Å². The molecule has 0 aliphatic heterocycles. The van der Waals surface area contributed by atoms with Gasteiger partial charge in [0.15, 0.2) is 0 Å². The highest BCUT2D eigenvalue weighted by Gasteiger charge is 2.05. The lowest BCUT2D eigenvalue weighted by molar-refractivity contribution is 1.04. The highest BCUT2D eigenvalue weighted by atomic mass is 15.1. The van der Waals surface area contributed by atoms with Crippen LogP contribution in [0.25, 0.3) is 16.7 Å². The van der Waals surface area contributed by atoms with Gasteiger partial charge in [-0.15, -0.1) is 0 Å². The number of rotatable bonds is 1. The third-order valence-electron chi connectivity index (χ3n) is 2.70. The SMILES string of the molecule is [B]c1cnc(-n2ccc3ccncc32)cc1N.